The topological polar surface area (TPSA) is 58.0 Å². The van der Waals surface area contributed by atoms with Crippen molar-refractivity contribution in [2.75, 3.05) is 11.9 Å². The van der Waals surface area contributed by atoms with E-state index in [1.165, 1.54) is 6.33 Å². The minimum absolute atomic E-state index is 0.472. The van der Waals surface area contributed by atoms with Gasteiger partial charge in [-0.25, -0.2) is 9.97 Å². The molecule has 1 aromatic rings. The zero-order valence-corrected chi connectivity index (χ0v) is 9.74. The zero-order valence-electron chi connectivity index (χ0n) is 7.58. The van der Waals surface area contributed by atoms with Gasteiger partial charge in [-0.05, 0) is 36.4 Å². The lowest BCUT2D eigenvalue weighted by atomic mass is 10.1. The molecule has 1 aromatic heterocycles. The molecule has 13 heavy (non-hydrogen) atoms. The Morgan fingerprint density at radius 1 is 1.62 bits per heavy atom. The summed E-state index contributed by atoms with van der Waals surface area (Å²) in [6.45, 7) is 3.96. The number of nitrogens with one attached hydrogen (secondary N) is 1. The van der Waals surface area contributed by atoms with Gasteiger partial charge in [0.2, 0.25) is 0 Å². The van der Waals surface area contributed by atoms with E-state index in [1.807, 2.05) is 0 Å². The van der Waals surface area contributed by atoms with Gasteiger partial charge in [-0.3, -0.25) is 0 Å². The van der Waals surface area contributed by atoms with Gasteiger partial charge < -0.3 is 10.4 Å². The predicted octanol–water partition coefficient (Wildman–Crippen LogP) is 1.26. The van der Waals surface area contributed by atoms with Crippen molar-refractivity contribution in [3.8, 4) is 0 Å². The van der Waals surface area contributed by atoms with Crippen LogP contribution >= 0.6 is 22.6 Å². The van der Waals surface area contributed by atoms with E-state index in [2.05, 4.69) is 37.9 Å². The van der Waals surface area contributed by atoms with Crippen LogP contribution in [0.2, 0.25) is 0 Å². The van der Waals surface area contributed by atoms with E-state index in [9.17, 15) is 5.11 Å². The molecule has 0 aromatic carbocycles. The third-order valence-corrected chi connectivity index (χ3v) is 2.15. The molecule has 0 aliphatic carbocycles. The van der Waals surface area contributed by atoms with Gasteiger partial charge in [-0.2, -0.15) is 0 Å². The molecule has 1 heterocycles. The van der Waals surface area contributed by atoms with Gasteiger partial charge in [-0.15, -0.1) is 0 Å². The highest BCUT2D eigenvalue weighted by Crippen LogP contribution is 2.13. The van der Waals surface area contributed by atoms with E-state index in [0.29, 0.717) is 6.54 Å². The zero-order chi connectivity index (χ0) is 9.90. The summed E-state index contributed by atoms with van der Waals surface area (Å²) >= 11 is 2.14. The van der Waals surface area contributed by atoms with Crippen LogP contribution in [0.3, 0.4) is 0 Å². The summed E-state index contributed by atoms with van der Waals surface area (Å²) < 4.78 is 0.948. The van der Waals surface area contributed by atoms with Gasteiger partial charge in [0.1, 0.15) is 12.1 Å². The SMILES string of the molecule is CC(C)(O)CNc1ncncc1I. The van der Waals surface area contributed by atoms with E-state index in [1.54, 1.807) is 20.0 Å². The largest absolute Gasteiger partial charge is 0.389 e. The molecule has 4 nitrogen and oxygen atoms in total. The summed E-state index contributed by atoms with van der Waals surface area (Å²) in [5.74, 6) is 0.762. The van der Waals surface area contributed by atoms with Crippen LogP contribution in [-0.4, -0.2) is 27.2 Å². The molecule has 0 aliphatic rings. The molecule has 5 heteroatoms. The highest BCUT2D eigenvalue weighted by atomic mass is 127. The molecule has 0 amide bonds. The Hall–Kier alpha value is -0.430. The van der Waals surface area contributed by atoms with E-state index in [4.69, 9.17) is 0 Å². The van der Waals surface area contributed by atoms with Crippen molar-refractivity contribution in [2.24, 2.45) is 0 Å². The minimum atomic E-state index is -0.728. The van der Waals surface area contributed by atoms with Crippen LogP contribution in [-0.2, 0) is 0 Å². The first-order valence-electron chi connectivity index (χ1n) is 3.91. The van der Waals surface area contributed by atoms with Crippen LogP contribution in [0.15, 0.2) is 12.5 Å². The molecule has 0 saturated heterocycles. The Labute approximate surface area is 90.9 Å². The first-order valence-corrected chi connectivity index (χ1v) is 4.99. The predicted molar refractivity (Wildman–Crippen MR) is 59.5 cm³/mol. The first kappa shape index (κ1) is 10.6. The number of aliphatic hydroxyl groups is 1. The molecule has 0 fully saturated rings. The van der Waals surface area contributed by atoms with Crippen LogP contribution in [0, 0.1) is 3.57 Å². The summed E-state index contributed by atoms with van der Waals surface area (Å²) in [7, 11) is 0. The molecular weight excluding hydrogens is 281 g/mol. The molecule has 0 saturated carbocycles. The Kier molecular flexibility index (Phi) is 3.43. The molecule has 0 spiro atoms. The quantitative estimate of drug-likeness (QED) is 0.824. The van der Waals surface area contributed by atoms with Crippen LogP contribution in [0.5, 0.6) is 0 Å². The van der Waals surface area contributed by atoms with Crippen molar-refractivity contribution in [2.45, 2.75) is 19.4 Å². The van der Waals surface area contributed by atoms with Crippen molar-refractivity contribution in [3.05, 3.63) is 16.1 Å². The van der Waals surface area contributed by atoms with Gasteiger partial charge in [0.25, 0.3) is 0 Å². The van der Waals surface area contributed by atoms with E-state index in [0.717, 1.165) is 9.39 Å². The normalized spacial score (nSPS) is 11.4. The lowest BCUT2D eigenvalue weighted by Gasteiger charge is -2.18. The van der Waals surface area contributed by atoms with E-state index < -0.39 is 5.60 Å². The molecular formula is C8H12IN3O. The van der Waals surface area contributed by atoms with Gasteiger partial charge in [0.15, 0.2) is 0 Å². The van der Waals surface area contributed by atoms with Gasteiger partial charge >= 0.3 is 0 Å². The van der Waals surface area contributed by atoms with Gasteiger partial charge in [-0.1, -0.05) is 0 Å². The monoisotopic (exact) mass is 293 g/mol. The number of nitrogens with zero attached hydrogens (tertiary/aromatic N) is 2. The van der Waals surface area contributed by atoms with Gasteiger partial charge in [0.05, 0.1) is 9.17 Å². The smallest absolute Gasteiger partial charge is 0.142 e. The van der Waals surface area contributed by atoms with Crippen molar-refractivity contribution in [1.82, 2.24) is 9.97 Å². The van der Waals surface area contributed by atoms with Crippen molar-refractivity contribution < 1.29 is 5.11 Å². The molecule has 72 valence electrons. The lowest BCUT2D eigenvalue weighted by Crippen LogP contribution is -2.29. The average Bonchev–Trinajstić information content (AvgIpc) is 2.01. The maximum absolute atomic E-state index is 9.46. The highest BCUT2D eigenvalue weighted by molar-refractivity contribution is 14.1. The molecule has 0 aliphatic heterocycles. The van der Waals surface area contributed by atoms with E-state index >= 15 is 0 Å². The molecule has 0 unspecified atom stereocenters. The number of hydrogen-bond donors (Lipinski definition) is 2. The lowest BCUT2D eigenvalue weighted by molar-refractivity contribution is 0.0944. The Bertz CT molecular complexity index is 285. The molecule has 0 bridgehead atoms. The summed E-state index contributed by atoms with van der Waals surface area (Å²) in [6.07, 6.45) is 3.20. The average molecular weight is 293 g/mol. The maximum Gasteiger partial charge on any atom is 0.142 e. The van der Waals surface area contributed by atoms with Crippen LogP contribution in [0.1, 0.15) is 13.8 Å². The number of halogens is 1. The summed E-state index contributed by atoms with van der Waals surface area (Å²) in [5.41, 5.74) is -0.728. The molecule has 0 radical (unpaired) electrons. The maximum atomic E-state index is 9.46. The second kappa shape index (κ2) is 4.19. The van der Waals surface area contributed by atoms with Gasteiger partial charge in [0, 0.05) is 12.7 Å². The fourth-order valence-electron chi connectivity index (χ4n) is 0.743. The molecule has 2 N–H and O–H groups in total. The van der Waals surface area contributed by atoms with Crippen LogP contribution in [0.4, 0.5) is 5.82 Å². The Morgan fingerprint density at radius 2 is 2.31 bits per heavy atom. The summed E-state index contributed by atoms with van der Waals surface area (Å²) in [5, 5.41) is 12.5. The second-order valence-electron chi connectivity index (χ2n) is 3.39. The van der Waals surface area contributed by atoms with Crippen molar-refractivity contribution in [3.63, 3.8) is 0 Å². The van der Waals surface area contributed by atoms with E-state index in [-0.39, 0.29) is 0 Å². The highest BCUT2D eigenvalue weighted by Gasteiger charge is 2.12. The van der Waals surface area contributed by atoms with Crippen molar-refractivity contribution in [1.29, 1.82) is 0 Å². The standard InChI is InChI=1S/C8H12IN3O/c1-8(2,13)4-11-7-6(9)3-10-5-12-7/h3,5,13H,4H2,1-2H3,(H,10,11,12). The Morgan fingerprint density at radius 3 is 2.85 bits per heavy atom. The molecule has 0 atom stereocenters. The summed E-state index contributed by atoms with van der Waals surface area (Å²) in [6, 6.07) is 0. The third kappa shape index (κ3) is 3.86. The third-order valence-electron chi connectivity index (χ3n) is 1.36. The second-order valence-corrected chi connectivity index (χ2v) is 4.55. The van der Waals surface area contributed by atoms with Crippen molar-refractivity contribution >= 4 is 28.4 Å². The number of hydrogen-bond acceptors (Lipinski definition) is 4. The number of aromatic nitrogens is 2. The minimum Gasteiger partial charge on any atom is -0.389 e. The van der Waals surface area contributed by atoms with Crippen LogP contribution < -0.4 is 5.32 Å². The fraction of sp³-hybridized carbons (Fsp3) is 0.500. The van der Waals surface area contributed by atoms with Crippen LogP contribution in [0.25, 0.3) is 0 Å². The number of anilines is 1. The first-order chi connectivity index (χ1) is 5.99. The molecule has 1 rings (SSSR count). The fourth-order valence-corrected chi connectivity index (χ4v) is 1.23. The number of rotatable bonds is 3. The Balaban J connectivity index is 2.60. The summed E-state index contributed by atoms with van der Waals surface area (Å²) in [4.78, 5) is 7.91.